The Morgan fingerprint density at radius 3 is 2.31 bits per heavy atom. The molecule has 15 atom stereocenters. The van der Waals surface area contributed by atoms with Crippen LogP contribution in [-0.4, -0.2) is 98.2 Å². The predicted octanol–water partition coefficient (Wildman–Crippen LogP) is 8.72. The molecule has 0 radical (unpaired) electrons. The molecule has 5 aliphatic rings. The van der Waals surface area contributed by atoms with Gasteiger partial charge in [0.1, 0.15) is 11.6 Å². The molecule has 17 nitrogen and oxygen atoms in total. The number of aliphatic hydroxyl groups excluding tert-OH is 3. The number of hydrogen-bond donors (Lipinski definition) is 10. The lowest BCUT2D eigenvalue weighted by atomic mass is 9.43. The lowest BCUT2D eigenvalue weighted by molar-refractivity contribution is -0.202. The number of rotatable bonds is 23. The molecule has 4 aliphatic carbocycles. The van der Waals surface area contributed by atoms with Gasteiger partial charge in [0.25, 0.3) is 0 Å². The fourth-order valence-corrected chi connectivity index (χ4v) is 15.0. The van der Waals surface area contributed by atoms with Crippen molar-refractivity contribution in [2.45, 2.75) is 179 Å². The number of carboxylic acid groups (broad SMARTS) is 1. The molecule has 2 aromatic carbocycles. The van der Waals surface area contributed by atoms with Crippen LogP contribution in [0.25, 0.3) is 0 Å². The number of nitrogens with one attached hydrogen (secondary N) is 6. The molecule has 81 heavy (non-hydrogen) atoms. The first-order valence-corrected chi connectivity index (χ1v) is 29.7. The Hall–Kier alpha value is -6.30. The number of nitrogens with zero attached hydrogens (tertiary/aromatic N) is 1. The largest absolute Gasteiger partial charge is 0.481 e. The minimum atomic E-state index is -1.04. The second-order valence-electron chi connectivity index (χ2n) is 25.3. The number of carboxylic acids is 1. The third-order valence-corrected chi connectivity index (χ3v) is 19.1. The van der Waals surface area contributed by atoms with Crippen LogP contribution in [0, 0.1) is 46.3 Å². The van der Waals surface area contributed by atoms with Crippen molar-refractivity contribution in [1.82, 2.24) is 31.6 Å². The SMILES string of the molecule is CC(CCC(=O)O)C1CCC2[C@@H]3[C@H](O)C[C@@H]4C[C@@H](NC(=O)CCC(=O)N[C@@H](CCCCNC(=O)OC(C)(C)C)C(=O)Nc5ccccc5[C@@H](NC5=CC=CCN5)[C@H](c5ccccn5)[C@H](O)c5ccccc5)CC[C@]4(C)[C@H]3C[C@H](O)[C@]12C. The van der Waals surface area contributed by atoms with E-state index in [0.717, 1.165) is 25.7 Å². The number of pyridine rings is 1. The highest BCUT2D eigenvalue weighted by Crippen LogP contribution is 2.68. The number of carbonyl (C=O) groups is 5. The van der Waals surface area contributed by atoms with Crippen LogP contribution in [0.15, 0.2) is 103 Å². The summed E-state index contributed by atoms with van der Waals surface area (Å²) in [4.78, 5) is 71.0. The van der Waals surface area contributed by atoms with Gasteiger partial charge in [-0.3, -0.25) is 24.2 Å². The number of benzene rings is 2. The average molecular weight is 1120 g/mol. The van der Waals surface area contributed by atoms with Crippen LogP contribution in [0.1, 0.15) is 166 Å². The summed E-state index contributed by atoms with van der Waals surface area (Å²) in [5.74, 6) is -1.21. The number of aliphatic hydroxyl groups is 3. The first-order valence-electron chi connectivity index (χ1n) is 29.7. The zero-order chi connectivity index (χ0) is 58.1. The number of unbranched alkanes of at least 4 members (excludes halogenated alkanes) is 1. The number of allylic oxidation sites excluding steroid dienone is 2. The summed E-state index contributed by atoms with van der Waals surface area (Å²) < 4.78 is 5.40. The summed E-state index contributed by atoms with van der Waals surface area (Å²) >= 11 is 0. The van der Waals surface area contributed by atoms with Gasteiger partial charge in [-0.25, -0.2) is 4.79 Å². The van der Waals surface area contributed by atoms with Crippen molar-refractivity contribution >= 4 is 35.5 Å². The Bertz CT molecular complexity index is 2700. The molecular weight excluding hydrogens is 1030 g/mol. The predicted molar refractivity (Wildman–Crippen MR) is 310 cm³/mol. The van der Waals surface area contributed by atoms with E-state index in [1.807, 2.05) is 85.0 Å². The van der Waals surface area contributed by atoms with Crippen molar-refractivity contribution in [3.8, 4) is 0 Å². The Morgan fingerprint density at radius 1 is 0.852 bits per heavy atom. The summed E-state index contributed by atoms with van der Waals surface area (Å²) in [5, 5.41) is 64.8. The summed E-state index contributed by atoms with van der Waals surface area (Å²) in [6.07, 6.45) is 11.7. The van der Waals surface area contributed by atoms with Gasteiger partial charge >= 0.3 is 12.1 Å². The van der Waals surface area contributed by atoms with Crippen molar-refractivity contribution in [3.63, 3.8) is 0 Å². The van der Waals surface area contributed by atoms with Gasteiger partial charge in [-0.15, -0.1) is 0 Å². The average Bonchev–Trinajstić information content (AvgIpc) is 2.72. The number of ether oxygens (including phenoxy) is 1. The quantitative estimate of drug-likeness (QED) is 0.0399. The third-order valence-electron chi connectivity index (χ3n) is 19.1. The van der Waals surface area contributed by atoms with E-state index in [-0.39, 0.29) is 90.5 Å². The Labute approximate surface area is 478 Å². The van der Waals surface area contributed by atoms with Crippen LogP contribution in [0.3, 0.4) is 0 Å². The molecule has 0 saturated heterocycles. The molecule has 1 aromatic heterocycles. The van der Waals surface area contributed by atoms with Gasteiger partial charge in [0, 0.05) is 56.0 Å². The van der Waals surface area contributed by atoms with Crippen molar-refractivity contribution in [3.05, 3.63) is 120 Å². The maximum Gasteiger partial charge on any atom is 0.407 e. The van der Waals surface area contributed by atoms with Crippen molar-refractivity contribution < 1.29 is 49.1 Å². The third kappa shape index (κ3) is 14.7. The van der Waals surface area contributed by atoms with Crippen molar-refractivity contribution in [2.24, 2.45) is 46.3 Å². The van der Waals surface area contributed by atoms with Crippen LogP contribution in [0.5, 0.6) is 0 Å². The van der Waals surface area contributed by atoms with Gasteiger partial charge in [0.05, 0.1) is 36.1 Å². The number of alkyl carbamates (subject to hydrolysis) is 1. The molecule has 0 bridgehead atoms. The van der Waals surface area contributed by atoms with Gasteiger partial charge in [-0.1, -0.05) is 87.5 Å². The molecule has 8 rings (SSSR count). The molecule has 3 unspecified atom stereocenters. The van der Waals surface area contributed by atoms with Crippen LogP contribution < -0.4 is 31.9 Å². The van der Waals surface area contributed by atoms with Gasteiger partial charge in [-0.05, 0) is 173 Å². The fraction of sp³-hybridized carbons (Fsp3) is 0.594. The molecule has 1 aliphatic heterocycles. The van der Waals surface area contributed by atoms with E-state index in [1.54, 1.807) is 33.0 Å². The van der Waals surface area contributed by atoms with E-state index < -0.39 is 65.8 Å². The van der Waals surface area contributed by atoms with E-state index in [2.05, 4.69) is 52.7 Å². The maximum atomic E-state index is 14.7. The van der Waals surface area contributed by atoms with Gasteiger partial charge < -0.3 is 57.1 Å². The molecule has 4 saturated carbocycles. The van der Waals surface area contributed by atoms with Crippen LogP contribution >= 0.6 is 0 Å². The standard InChI is InChI=1S/C64H89N7O10/c1-39(25-30-55(76)77)44-26-27-45-56-46(38-51(73)64(44,45)6)63(5)32-31-42(36-41(63)37-50(56)72)68-53(74)28-29-54(75)69-49(23-13-16-35-67-61(80)81-62(2,3)4)60(79)70-47-21-11-10-20-43(47)58(71-52-24-14-17-34-66-52)57(48-22-12-15-33-65-48)59(78)40-18-8-7-9-19-40/h7-12,14-15,17-22,24,33,39,41-42,44-46,49-51,56-59,66,71-73,78H,13,16,23,25-32,34-38H2,1-6H3,(H,67,80)(H,68,74)(H,69,75)(H,70,79)(H,76,77)/t39?,41-,42-,44?,45?,46-,49-,50+,51-,56-,57-,58+,59+,63-,64+/m0/s1. The number of dihydropyridines is 1. The molecule has 17 heteroatoms. The van der Waals surface area contributed by atoms with Crippen LogP contribution in [0.2, 0.25) is 0 Å². The minimum Gasteiger partial charge on any atom is -0.481 e. The first kappa shape index (κ1) is 60.8. The minimum absolute atomic E-state index is 0.0486. The summed E-state index contributed by atoms with van der Waals surface area (Å²) in [6, 6.07) is 20.5. The van der Waals surface area contributed by atoms with E-state index in [4.69, 9.17) is 9.72 Å². The molecule has 10 N–H and O–H groups in total. The lowest BCUT2D eigenvalue weighted by Crippen LogP contribution is -2.63. The van der Waals surface area contributed by atoms with Crippen LogP contribution in [-0.2, 0) is 23.9 Å². The summed E-state index contributed by atoms with van der Waals surface area (Å²) in [5.41, 5.74) is 1.22. The molecule has 440 valence electrons. The molecule has 0 spiro atoms. The summed E-state index contributed by atoms with van der Waals surface area (Å²) in [7, 11) is 0. The van der Waals surface area contributed by atoms with E-state index >= 15 is 0 Å². The number of carbonyl (C=O) groups excluding carboxylic acids is 4. The topological polar surface area (TPSA) is 261 Å². The smallest absolute Gasteiger partial charge is 0.407 e. The van der Waals surface area contributed by atoms with Crippen molar-refractivity contribution in [1.29, 1.82) is 0 Å². The Morgan fingerprint density at radius 2 is 1.59 bits per heavy atom. The molecule has 4 fully saturated rings. The summed E-state index contributed by atoms with van der Waals surface area (Å²) in [6.45, 7) is 12.8. The lowest BCUT2D eigenvalue weighted by Gasteiger charge is -2.63. The highest BCUT2D eigenvalue weighted by atomic mass is 16.6. The number of para-hydroxylation sites is 1. The first-order chi connectivity index (χ1) is 38.7. The highest BCUT2D eigenvalue weighted by Gasteiger charge is 2.66. The Kier molecular flexibility index (Phi) is 20.1. The fourth-order valence-electron chi connectivity index (χ4n) is 15.0. The van der Waals surface area contributed by atoms with E-state index in [9.17, 15) is 44.4 Å². The van der Waals surface area contributed by atoms with E-state index in [0.29, 0.717) is 73.4 Å². The second-order valence-corrected chi connectivity index (χ2v) is 25.3. The number of hydrogen-bond acceptors (Lipinski definition) is 12. The highest BCUT2D eigenvalue weighted by molar-refractivity contribution is 5.98. The number of aliphatic carboxylic acids is 1. The maximum absolute atomic E-state index is 14.7. The number of fused-ring (bicyclic) bond motifs is 5. The molecule has 3 aromatic rings. The van der Waals surface area contributed by atoms with Gasteiger partial charge in [0.15, 0.2) is 0 Å². The van der Waals surface area contributed by atoms with Crippen LogP contribution in [0.4, 0.5) is 10.5 Å². The normalized spacial score (nSPS) is 28.6. The monoisotopic (exact) mass is 1120 g/mol. The zero-order valence-corrected chi connectivity index (χ0v) is 48.2. The molecular formula is C64H89N7O10. The Balaban J connectivity index is 0.934. The van der Waals surface area contributed by atoms with Crippen molar-refractivity contribution in [2.75, 3.05) is 18.4 Å². The van der Waals surface area contributed by atoms with Gasteiger partial charge in [0.2, 0.25) is 17.7 Å². The number of aromatic nitrogens is 1. The molecule has 4 amide bonds. The molecule has 2 heterocycles. The number of amides is 4. The van der Waals surface area contributed by atoms with E-state index in [1.165, 1.54) is 0 Å². The zero-order valence-electron chi connectivity index (χ0n) is 48.2. The van der Waals surface area contributed by atoms with Gasteiger partial charge in [-0.2, -0.15) is 0 Å². The second kappa shape index (κ2) is 26.7. The number of anilines is 1.